The van der Waals surface area contributed by atoms with Crippen LogP contribution in [0.5, 0.6) is 0 Å². The molecule has 3 heteroatoms. The van der Waals surface area contributed by atoms with Crippen molar-refractivity contribution >= 4 is 9.84 Å². The van der Waals surface area contributed by atoms with Gasteiger partial charge in [-0.05, 0) is 20.0 Å². The molecule has 0 spiro atoms. The minimum atomic E-state index is 0.0521. The molecule has 0 unspecified atom stereocenters. The fourth-order valence-corrected chi connectivity index (χ4v) is 2.83. The molecule has 1 rings (SSSR count). The van der Waals surface area contributed by atoms with Crippen molar-refractivity contribution in [3.63, 3.8) is 0 Å². The standard InChI is InChI=1S/C6H16N2Si/c1-4-7-6(3)8(5-2)9-7/h6H,4-5,9H2,1-3H3. The minimum absolute atomic E-state index is 0.0521. The average molecular weight is 144 g/mol. The van der Waals surface area contributed by atoms with Crippen LogP contribution >= 0.6 is 0 Å². The van der Waals surface area contributed by atoms with E-state index in [1.54, 1.807) is 0 Å². The second-order valence-electron chi connectivity index (χ2n) is 2.58. The molecular weight excluding hydrogens is 128 g/mol. The van der Waals surface area contributed by atoms with Gasteiger partial charge < -0.3 is 9.13 Å². The van der Waals surface area contributed by atoms with E-state index in [1.807, 2.05) is 0 Å². The fraction of sp³-hybridized carbons (Fsp3) is 1.00. The monoisotopic (exact) mass is 144 g/mol. The lowest BCUT2D eigenvalue weighted by molar-refractivity contribution is 0.121. The van der Waals surface area contributed by atoms with Crippen LogP contribution in [0.2, 0.25) is 0 Å². The second kappa shape index (κ2) is 2.81. The van der Waals surface area contributed by atoms with Gasteiger partial charge in [-0.15, -0.1) is 0 Å². The van der Waals surface area contributed by atoms with Crippen molar-refractivity contribution in [1.82, 2.24) is 9.13 Å². The minimum Gasteiger partial charge on any atom is -0.302 e. The van der Waals surface area contributed by atoms with Gasteiger partial charge in [-0.25, -0.2) is 0 Å². The molecule has 0 amide bonds. The van der Waals surface area contributed by atoms with Crippen molar-refractivity contribution in [3.8, 4) is 0 Å². The van der Waals surface area contributed by atoms with Crippen LogP contribution in [-0.4, -0.2) is 38.2 Å². The number of hydrogen-bond acceptors (Lipinski definition) is 2. The van der Waals surface area contributed by atoms with Crippen molar-refractivity contribution in [1.29, 1.82) is 0 Å². The third kappa shape index (κ3) is 1.18. The summed E-state index contributed by atoms with van der Waals surface area (Å²) in [5.74, 6) is 0. The Labute approximate surface area is 59.8 Å². The quantitative estimate of drug-likeness (QED) is 0.503. The summed E-state index contributed by atoms with van der Waals surface area (Å²) in [7, 11) is 0.0521. The van der Waals surface area contributed by atoms with E-state index in [-0.39, 0.29) is 9.84 Å². The molecule has 9 heavy (non-hydrogen) atoms. The SMILES string of the molecule is CCN1[SiH2]N(CC)C1C. The normalized spacial score (nSPS) is 33.0. The molecule has 0 atom stereocenters. The Bertz CT molecular complexity index is 87.1. The summed E-state index contributed by atoms with van der Waals surface area (Å²) in [5.41, 5.74) is 0. The zero-order chi connectivity index (χ0) is 6.85. The third-order valence-electron chi connectivity index (χ3n) is 2.23. The van der Waals surface area contributed by atoms with E-state index in [4.69, 9.17) is 0 Å². The number of nitrogens with zero attached hydrogens (tertiary/aromatic N) is 2. The van der Waals surface area contributed by atoms with Crippen molar-refractivity contribution in [2.45, 2.75) is 26.9 Å². The fourth-order valence-electron chi connectivity index (χ4n) is 1.33. The summed E-state index contributed by atoms with van der Waals surface area (Å²) < 4.78 is 5.17. The number of hydrogen-bond donors (Lipinski definition) is 0. The van der Waals surface area contributed by atoms with Gasteiger partial charge in [-0.2, -0.15) is 0 Å². The molecule has 54 valence electrons. The van der Waals surface area contributed by atoms with Crippen LogP contribution in [0.3, 0.4) is 0 Å². The molecule has 1 aliphatic heterocycles. The molecule has 0 aliphatic carbocycles. The lowest BCUT2D eigenvalue weighted by Gasteiger charge is -2.48. The number of rotatable bonds is 2. The molecule has 0 aromatic carbocycles. The van der Waals surface area contributed by atoms with E-state index in [1.165, 1.54) is 13.1 Å². The maximum Gasteiger partial charge on any atom is 0.175 e. The first kappa shape index (κ1) is 7.25. The zero-order valence-electron chi connectivity index (χ0n) is 6.59. The molecular formula is C6H16N2Si. The molecule has 0 aromatic rings. The van der Waals surface area contributed by atoms with Gasteiger partial charge in [0.1, 0.15) is 0 Å². The van der Waals surface area contributed by atoms with Gasteiger partial charge in [0, 0.05) is 6.17 Å². The molecule has 0 saturated carbocycles. The van der Waals surface area contributed by atoms with Crippen LogP contribution in [0.15, 0.2) is 0 Å². The van der Waals surface area contributed by atoms with E-state index in [0.29, 0.717) is 0 Å². The van der Waals surface area contributed by atoms with Gasteiger partial charge in [-0.1, -0.05) is 13.8 Å². The van der Waals surface area contributed by atoms with E-state index < -0.39 is 0 Å². The summed E-state index contributed by atoms with van der Waals surface area (Å²) in [6.07, 6.45) is 0.756. The molecule has 1 saturated heterocycles. The molecule has 0 aromatic heterocycles. The Morgan fingerprint density at radius 1 is 1.22 bits per heavy atom. The van der Waals surface area contributed by atoms with Crippen molar-refractivity contribution in [2.24, 2.45) is 0 Å². The van der Waals surface area contributed by atoms with Crippen LogP contribution in [0.1, 0.15) is 20.8 Å². The first-order valence-corrected chi connectivity index (χ1v) is 5.04. The molecule has 1 fully saturated rings. The molecule has 1 heterocycles. The maximum atomic E-state index is 2.59. The molecule has 0 N–H and O–H groups in total. The zero-order valence-corrected chi connectivity index (χ0v) is 8.01. The smallest absolute Gasteiger partial charge is 0.175 e. The summed E-state index contributed by atoms with van der Waals surface area (Å²) in [6.45, 7) is 9.30. The Morgan fingerprint density at radius 2 is 1.67 bits per heavy atom. The van der Waals surface area contributed by atoms with Gasteiger partial charge in [0.05, 0.1) is 0 Å². The van der Waals surface area contributed by atoms with Gasteiger partial charge in [-0.3, -0.25) is 0 Å². The van der Waals surface area contributed by atoms with Crippen LogP contribution < -0.4 is 0 Å². The molecule has 2 nitrogen and oxygen atoms in total. The van der Waals surface area contributed by atoms with Crippen LogP contribution in [-0.2, 0) is 0 Å². The highest BCUT2D eigenvalue weighted by atomic mass is 28.2. The Balaban J connectivity index is 2.24. The molecule has 1 aliphatic rings. The van der Waals surface area contributed by atoms with E-state index in [0.717, 1.165) is 6.17 Å². The largest absolute Gasteiger partial charge is 0.302 e. The summed E-state index contributed by atoms with van der Waals surface area (Å²) in [6, 6.07) is 0. The van der Waals surface area contributed by atoms with Gasteiger partial charge in [0.2, 0.25) is 0 Å². The average Bonchev–Trinajstić information content (AvgIpc) is 1.87. The molecule has 0 bridgehead atoms. The van der Waals surface area contributed by atoms with E-state index in [2.05, 4.69) is 29.9 Å². The lowest BCUT2D eigenvalue weighted by atomic mass is 10.5. The third-order valence-corrected chi connectivity index (χ3v) is 4.91. The van der Waals surface area contributed by atoms with Crippen LogP contribution in [0.4, 0.5) is 0 Å². The lowest BCUT2D eigenvalue weighted by Crippen LogP contribution is -2.64. The topological polar surface area (TPSA) is 6.48 Å². The van der Waals surface area contributed by atoms with Crippen molar-refractivity contribution < 1.29 is 0 Å². The first-order valence-electron chi connectivity index (χ1n) is 3.77. The van der Waals surface area contributed by atoms with Crippen LogP contribution in [0, 0.1) is 0 Å². The van der Waals surface area contributed by atoms with Gasteiger partial charge >= 0.3 is 0 Å². The summed E-state index contributed by atoms with van der Waals surface area (Å²) in [5, 5.41) is 0. The highest BCUT2D eigenvalue weighted by Gasteiger charge is 2.29. The van der Waals surface area contributed by atoms with Crippen molar-refractivity contribution in [3.05, 3.63) is 0 Å². The van der Waals surface area contributed by atoms with Crippen molar-refractivity contribution in [2.75, 3.05) is 13.1 Å². The first-order chi connectivity index (χ1) is 4.29. The van der Waals surface area contributed by atoms with Gasteiger partial charge in [0.15, 0.2) is 9.84 Å². The highest BCUT2D eigenvalue weighted by Crippen LogP contribution is 2.13. The highest BCUT2D eigenvalue weighted by molar-refractivity contribution is 6.32. The summed E-state index contributed by atoms with van der Waals surface area (Å²) in [4.78, 5) is 0. The summed E-state index contributed by atoms with van der Waals surface area (Å²) >= 11 is 0. The predicted molar refractivity (Wildman–Crippen MR) is 42.8 cm³/mol. The Morgan fingerprint density at radius 3 is 1.89 bits per heavy atom. The predicted octanol–water partition coefficient (Wildman–Crippen LogP) is -0.0114. The van der Waals surface area contributed by atoms with Crippen LogP contribution in [0.25, 0.3) is 0 Å². The van der Waals surface area contributed by atoms with E-state index in [9.17, 15) is 0 Å². The maximum absolute atomic E-state index is 2.59. The molecule has 0 radical (unpaired) electrons. The van der Waals surface area contributed by atoms with Gasteiger partial charge in [0.25, 0.3) is 0 Å². The Kier molecular flexibility index (Phi) is 2.27. The Hall–Kier alpha value is 0.137. The second-order valence-corrected chi connectivity index (χ2v) is 4.49. The van der Waals surface area contributed by atoms with E-state index >= 15 is 0 Å².